The lowest BCUT2D eigenvalue weighted by atomic mass is 9.86. The third kappa shape index (κ3) is 5.69. The Morgan fingerprint density at radius 2 is 1.96 bits per heavy atom. The summed E-state index contributed by atoms with van der Waals surface area (Å²) in [7, 11) is 0. The number of nitrogens with one attached hydrogen (secondary N) is 1. The first-order valence-corrected chi connectivity index (χ1v) is 9.23. The van der Waals surface area contributed by atoms with Gasteiger partial charge in [-0.05, 0) is 49.9 Å². The fraction of sp³-hybridized carbons (Fsp3) is 0.529. The van der Waals surface area contributed by atoms with Crippen molar-refractivity contribution in [2.45, 2.75) is 29.9 Å². The van der Waals surface area contributed by atoms with Crippen LogP contribution in [0, 0.1) is 11.8 Å². The van der Waals surface area contributed by atoms with Crippen molar-refractivity contribution in [2.75, 3.05) is 19.8 Å². The summed E-state index contributed by atoms with van der Waals surface area (Å²) in [4.78, 5) is 24.7. The van der Waals surface area contributed by atoms with Crippen LogP contribution in [0.2, 0.25) is 5.02 Å². The molecule has 0 aliphatic carbocycles. The lowest BCUT2D eigenvalue weighted by molar-refractivity contribution is -0.144. The predicted octanol–water partition coefficient (Wildman–Crippen LogP) is 3.06. The summed E-state index contributed by atoms with van der Waals surface area (Å²) in [5.41, 5.74) is 0. The molecule has 2 rings (SSSR count). The second-order valence-electron chi connectivity index (χ2n) is 5.85. The molecule has 1 saturated heterocycles. The smallest absolute Gasteiger partial charge is 0.308 e. The molecule has 132 valence electrons. The van der Waals surface area contributed by atoms with Gasteiger partial charge in [0.25, 0.3) is 0 Å². The molecule has 0 saturated carbocycles. The molecule has 2 N–H and O–H groups in total. The van der Waals surface area contributed by atoms with E-state index in [1.807, 2.05) is 12.1 Å². The van der Waals surface area contributed by atoms with E-state index in [1.165, 1.54) is 11.8 Å². The van der Waals surface area contributed by atoms with E-state index in [0.717, 1.165) is 17.7 Å². The third-order valence-corrected chi connectivity index (χ3v) is 5.51. The Bertz CT molecular complexity index is 560. The Morgan fingerprint density at radius 1 is 1.33 bits per heavy atom. The average molecular weight is 372 g/mol. The molecule has 0 spiro atoms. The fourth-order valence-electron chi connectivity index (χ4n) is 2.70. The summed E-state index contributed by atoms with van der Waals surface area (Å²) in [6, 6.07) is 7.28. The van der Waals surface area contributed by atoms with Gasteiger partial charge < -0.3 is 15.2 Å². The Kier molecular flexibility index (Phi) is 7.40. The van der Waals surface area contributed by atoms with Crippen molar-refractivity contribution in [3.05, 3.63) is 29.3 Å². The summed E-state index contributed by atoms with van der Waals surface area (Å²) in [5.74, 6) is -1.53. The number of aliphatic carboxylic acids is 1. The van der Waals surface area contributed by atoms with Gasteiger partial charge in [-0.15, -0.1) is 11.8 Å². The van der Waals surface area contributed by atoms with E-state index in [4.69, 9.17) is 16.3 Å². The monoisotopic (exact) mass is 371 g/mol. The van der Waals surface area contributed by atoms with Gasteiger partial charge in [0.2, 0.25) is 5.91 Å². The minimum Gasteiger partial charge on any atom is -0.481 e. The molecule has 1 aromatic rings. The third-order valence-electron chi connectivity index (χ3n) is 4.14. The zero-order chi connectivity index (χ0) is 17.5. The maximum absolute atomic E-state index is 12.2. The summed E-state index contributed by atoms with van der Waals surface area (Å²) in [6.45, 7) is 3.14. The van der Waals surface area contributed by atoms with E-state index in [-0.39, 0.29) is 23.6 Å². The van der Waals surface area contributed by atoms with Gasteiger partial charge in [0.1, 0.15) is 0 Å². The van der Waals surface area contributed by atoms with Crippen LogP contribution in [0.3, 0.4) is 0 Å². The number of amides is 1. The normalized spacial score (nSPS) is 17.9. The molecule has 0 aromatic heterocycles. The number of rotatable bonds is 7. The number of ether oxygens (including phenoxy) is 1. The molecule has 0 bridgehead atoms. The van der Waals surface area contributed by atoms with E-state index in [0.29, 0.717) is 18.2 Å². The minimum absolute atomic E-state index is 0.0516. The van der Waals surface area contributed by atoms with E-state index >= 15 is 0 Å². The van der Waals surface area contributed by atoms with Crippen LogP contribution < -0.4 is 5.32 Å². The van der Waals surface area contributed by atoms with Crippen LogP contribution in [0.4, 0.5) is 0 Å². The van der Waals surface area contributed by atoms with Crippen LogP contribution in [-0.4, -0.2) is 42.0 Å². The van der Waals surface area contributed by atoms with Crippen molar-refractivity contribution in [1.29, 1.82) is 0 Å². The molecule has 0 radical (unpaired) electrons. The van der Waals surface area contributed by atoms with Gasteiger partial charge in [-0.2, -0.15) is 0 Å². The molecule has 1 amide bonds. The molecular formula is C17H22ClNO4S. The van der Waals surface area contributed by atoms with E-state index in [9.17, 15) is 14.7 Å². The molecule has 2 atom stereocenters. The fourth-order valence-corrected chi connectivity index (χ4v) is 3.72. The number of hydrogen-bond acceptors (Lipinski definition) is 4. The highest BCUT2D eigenvalue weighted by Gasteiger charge is 2.30. The maximum Gasteiger partial charge on any atom is 0.308 e. The van der Waals surface area contributed by atoms with Crippen molar-refractivity contribution in [2.24, 2.45) is 11.8 Å². The zero-order valence-electron chi connectivity index (χ0n) is 13.5. The highest BCUT2D eigenvalue weighted by Crippen LogP contribution is 2.26. The summed E-state index contributed by atoms with van der Waals surface area (Å²) < 4.78 is 5.28. The second-order valence-corrected chi connectivity index (χ2v) is 7.70. The van der Waals surface area contributed by atoms with Crippen molar-refractivity contribution < 1.29 is 19.4 Å². The first-order valence-electron chi connectivity index (χ1n) is 7.98. The van der Waals surface area contributed by atoms with Gasteiger partial charge in [-0.3, -0.25) is 9.59 Å². The topological polar surface area (TPSA) is 75.6 Å². The standard InChI is InChI=1S/C17H22ClNO4S/c1-11(24-14-4-2-13(18)3-5-14)16(20)19-10-15(17(21)22)12-6-8-23-9-7-12/h2-5,11-12,15H,6-10H2,1H3,(H,19,20)(H,21,22). The van der Waals surface area contributed by atoms with Gasteiger partial charge in [0, 0.05) is 29.7 Å². The number of halogens is 1. The molecule has 24 heavy (non-hydrogen) atoms. The van der Waals surface area contributed by atoms with Crippen LogP contribution in [0.1, 0.15) is 19.8 Å². The van der Waals surface area contributed by atoms with Gasteiger partial charge >= 0.3 is 5.97 Å². The van der Waals surface area contributed by atoms with Crippen molar-refractivity contribution >= 4 is 35.2 Å². The predicted molar refractivity (Wildman–Crippen MR) is 94.4 cm³/mol. The number of hydrogen-bond donors (Lipinski definition) is 2. The SMILES string of the molecule is CC(Sc1ccc(Cl)cc1)C(=O)NCC(C(=O)O)C1CCOCC1. The van der Waals surface area contributed by atoms with Crippen LogP contribution in [-0.2, 0) is 14.3 Å². The highest BCUT2D eigenvalue weighted by atomic mass is 35.5. The number of carboxylic acid groups (broad SMARTS) is 1. The highest BCUT2D eigenvalue weighted by molar-refractivity contribution is 8.00. The Morgan fingerprint density at radius 3 is 2.54 bits per heavy atom. The van der Waals surface area contributed by atoms with Crippen LogP contribution in [0.5, 0.6) is 0 Å². The van der Waals surface area contributed by atoms with E-state index in [1.54, 1.807) is 19.1 Å². The second kappa shape index (κ2) is 9.30. The van der Waals surface area contributed by atoms with Crippen molar-refractivity contribution in [3.8, 4) is 0 Å². The first kappa shape index (κ1) is 19.1. The maximum atomic E-state index is 12.2. The number of carbonyl (C=O) groups is 2. The van der Waals surface area contributed by atoms with Crippen LogP contribution >= 0.6 is 23.4 Å². The summed E-state index contributed by atoms with van der Waals surface area (Å²) >= 11 is 7.26. The Labute approximate surface area is 151 Å². The molecule has 1 aliphatic rings. The van der Waals surface area contributed by atoms with E-state index < -0.39 is 11.9 Å². The molecule has 7 heteroatoms. The molecular weight excluding hydrogens is 350 g/mol. The molecule has 1 aliphatic heterocycles. The number of benzene rings is 1. The molecule has 1 fully saturated rings. The van der Waals surface area contributed by atoms with Crippen molar-refractivity contribution in [1.82, 2.24) is 5.32 Å². The lowest BCUT2D eigenvalue weighted by Gasteiger charge is -2.28. The number of carboxylic acids is 1. The van der Waals surface area contributed by atoms with Crippen LogP contribution in [0.25, 0.3) is 0 Å². The minimum atomic E-state index is -0.861. The largest absolute Gasteiger partial charge is 0.481 e. The number of thioether (sulfide) groups is 1. The molecule has 2 unspecified atom stereocenters. The summed E-state index contributed by atoms with van der Waals surface area (Å²) in [6.07, 6.45) is 1.45. The van der Waals surface area contributed by atoms with Gasteiger partial charge in [-0.1, -0.05) is 11.6 Å². The number of carbonyl (C=O) groups excluding carboxylic acids is 1. The first-order chi connectivity index (χ1) is 11.5. The van der Waals surface area contributed by atoms with Crippen molar-refractivity contribution in [3.63, 3.8) is 0 Å². The zero-order valence-corrected chi connectivity index (χ0v) is 15.1. The summed E-state index contributed by atoms with van der Waals surface area (Å²) in [5, 5.41) is 12.6. The van der Waals surface area contributed by atoms with Gasteiger partial charge in [0.15, 0.2) is 0 Å². The molecule has 1 aromatic carbocycles. The van der Waals surface area contributed by atoms with Gasteiger partial charge in [0.05, 0.1) is 11.2 Å². The molecule has 5 nitrogen and oxygen atoms in total. The Balaban J connectivity index is 1.85. The van der Waals surface area contributed by atoms with E-state index in [2.05, 4.69) is 5.32 Å². The van der Waals surface area contributed by atoms with Crippen LogP contribution in [0.15, 0.2) is 29.2 Å². The Hall–Kier alpha value is -1.24. The quantitative estimate of drug-likeness (QED) is 0.720. The average Bonchev–Trinajstić information content (AvgIpc) is 2.57. The molecule has 1 heterocycles. The lowest BCUT2D eigenvalue weighted by Crippen LogP contribution is -2.41. The van der Waals surface area contributed by atoms with Gasteiger partial charge in [-0.25, -0.2) is 0 Å².